The van der Waals surface area contributed by atoms with E-state index in [1.54, 1.807) is 0 Å². The zero-order valence-corrected chi connectivity index (χ0v) is 9.72. The average Bonchev–Trinajstić information content (AvgIpc) is 2.28. The predicted molar refractivity (Wildman–Crippen MR) is 57.4 cm³/mol. The summed E-state index contributed by atoms with van der Waals surface area (Å²) in [5, 5.41) is 11.0. The van der Waals surface area contributed by atoms with E-state index in [-0.39, 0.29) is 17.3 Å². The quantitative estimate of drug-likeness (QED) is 0.332. The summed E-state index contributed by atoms with van der Waals surface area (Å²) in [5.74, 6) is -1.04. The van der Waals surface area contributed by atoms with Gasteiger partial charge in [-0.05, 0) is 6.07 Å². The molecule has 0 aromatic carbocycles. The van der Waals surface area contributed by atoms with Crippen LogP contribution in [0.2, 0.25) is 0 Å². The van der Waals surface area contributed by atoms with Crippen LogP contribution >= 0.6 is 0 Å². The number of rotatable bonds is 4. The van der Waals surface area contributed by atoms with E-state index in [2.05, 4.69) is 10.1 Å². The van der Waals surface area contributed by atoms with Gasteiger partial charge in [-0.3, -0.25) is 4.98 Å². The highest BCUT2D eigenvalue weighted by Crippen LogP contribution is 2.13. The fraction of sp³-hybridized carbons (Fsp3) is 0.250. The van der Waals surface area contributed by atoms with Gasteiger partial charge in [0.15, 0.2) is 5.84 Å². The molecule has 3 N–H and O–H groups in total. The molecule has 94 valence electrons. The second kappa shape index (κ2) is 5.06. The molecule has 1 rings (SSSR count). The van der Waals surface area contributed by atoms with Gasteiger partial charge in [0.1, 0.15) is 10.7 Å². The molecule has 0 unspecified atom stereocenters. The summed E-state index contributed by atoms with van der Waals surface area (Å²) in [6.45, 7) is -0.310. The number of likely N-dealkylation sites (N-methyl/N-ethyl adjacent to an activating group) is 1. The van der Waals surface area contributed by atoms with Gasteiger partial charge in [0.25, 0.3) is 0 Å². The number of halogens is 1. The number of aromatic nitrogens is 1. The molecular weight excluding hydrogens is 251 g/mol. The lowest BCUT2D eigenvalue weighted by molar-refractivity contribution is 0.315. The van der Waals surface area contributed by atoms with E-state index in [9.17, 15) is 12.8 Å². The highest BCUT2D eigenvalue weighted by atomic mass is 32.2. The summed E-state index contributed by atoms with van der Waals surface area (Å²) in [4.78, 5) is 3.14. The first-order valence-corrected chi connectivity index (χ1v) is 5.85. The van der Waals surface area contributed by atoms with Crippen LogP contribution in [-0.2, 0) is 10.0 Å². The number of nitrogens with two attached hydrogens (primary N) is 1. The second-order valence-corrected chi connectivity index (χ2v) is 5.24. The van der Waals surface area contributed by atoms with Crippen LogP contribution in [0.15, 0.2) is 28.5 Å². The van der Waals surface area contributed by atoms with E-state index in [0.29, 0.717) is 0 Å². The van der Waals surface area contributed by atoms with Gasteiger partial charge in [0.05, 0.1) is 12.7 Å². The Morgan fingerprint density at radius 2 is 2.29 bits per heavy atom. The van der Waals surface area contributed by atoms with Crippen molar-refractivity contribution in [3.05, 3.63) is 24.3 Å². The molecular formula is C8H11FN4O3S. The number of hydrogen-bond donors (Lipinski definition) is 2. The molecule has 0 aliphatic rings. The van der Waals surface area contributed by atoms with Crippen molar-refractivity contribution in [1.29, 1.82) is 0 Å². The van der Waals surface area contributed by atoms with Crippen LogP contribution in [0.3, 0.4) is 0 Å². The predicted octanol–water partition coefficient (Wildman–Crippen LogP) is -0.412. The Kier molecular flexibility index (Phi) is 3.97. The molecule has 0 bridgehead atoms. The van der Waals surface area contributed by atoms with E-state index in [1.807, 2.05) is 0 Å². The largest absolute Gasteiger partial charge is 0.409 e. The molecule has 0 aliphatic carbocycles. The molecule has 9 heteroatoms. The summed E-state index contributed by atoms with van der Waals surface area (Å²) in [5.41, 5.74) is 5.18. The van der Waals surface area contributed by atoms with E-state index in [4.69, 9.17) is 10.9 Å². The van der Waals surface area contributed by atoms with Crippen molar-refractivity contribution in [1.82, 2.24) is 9.29 Å². The standard InChI is InChI=1S/C8H11FN4O3S/c1-13(5-8(10)12-14)17(15,16)7-2-6(9)3-11-4-7/h2-4,14H,5H2,1H3,(H2,10,12). The second-order valence-electron chi connectivity index (χ2n) is 3.19. The fourth-order valence-electron chi connectivity index (χ4n) is 1.06. The third kappa shape index (κ3) is 3.11. The van der Waals surface area contributed by atoms with Crippen molar-refractivity contribution in [2.24, 2.45) is 10.9 Å². The van der Waals surface area contributed by atoms with E-state index >= 15 is 0 Å². The molecule has 0 fully saturated rings. The number of pyridine rings is 1. The van der Waals surface area contributed by atoms with Crippen LogP contribution in [0.1, 0.15) is 0 Å². The van der Waals surface area contributed by atoms with Crippen LogP contribution in [0, 0.1) is 5.82 Å². The van der Waals surface area contributed by atoms with Gasteiger partial charge in [0, 0.05) is 13.2 Å². The first-order valence-electron chi connectivity index (χ1n) is 4.41. The van der Waals surface area contributed by atoms with Gasteiger partial charge in [-0.1, -0.05) is 5.16 Å². The van der Waals surface area contributed by atoms with Crippen LogP contribution in [-0.4, -0.2) is 42.3 Å². The van der Waals surface area contributed by atoms with Crippen LogP contribution in [0.25, 0.3) is 0 Å². The lowest BCUT2D eigenvalue weighted by Gasteiger charge is -2.15. The molecule has 17 heavy (non-hydrogen) atoms. The van der Waals surface area contributed by atoms with Crippen molar-refractivity contribution in [3.63, 3.8) is 0 Å². The zero-order chi connectivity index (χ0) is 13.1. The molecule has 0 radical (unpaired) electrons. The summed E-state index contributed by atoms with van der Waals surface area (Å²) in [7, 11) is -2.69. The van der Waals surface area contributed by atoms with Crippen LogP contribution in [0.5, 0.6) is 0 Å². The third-order valence-corrected chi connectivity index (χ3v) is 3.67. The van der Waals surface area contributed by atoms with E-state index in [0.717, 1.165) is 22.8 Å². The van der Waals surface area contributed by atoms with Gasteiger partial charge < -0.3 is 10.9 Å². The van der Waals surface area contributed by atoms with Gasteiger partial charge in [-0.2, -0.15) is 4.31 Å². The van der Waals surface area contributed by atoms with Gasteiger partial charge >= 0.3 is 0 Å². The maximum Gasteiger partial charge on any atom is 0.244 e. The summed E-state index contributed by atoms with van der Waals surface area (Å²) in [6, 6.07) is 0.838. The number of hydrogen-bond acceptors (Lipinski definition) is 5. The molecule has 1 heterocycles. The molecule has 0 aliphatic heterocycles. The van der Waals surface area contributed by atoms with Crippen molar-refractivity contribution in [2.75, 3.05) is 13.6 Å². The van der Waals surface area contributed by atoms with Crippen molar-refractivity contribution >= 4 is 15.9 Å². The molecule has 0 saturated carbocycles. The number of oxime groups is 1. The normalized spacial score (nSPS) is 13.0. The topological polar surface area (TPSA) is 109 Å². The van der Waals surface area contributed by atoms with Crippen molar-refractivity contribution in [3.8, 4) is 0 Å². The Labute approximate surface area is 97.4 Å². The maximum atomic E-state index is 12.9. The Hall–Kier alpha value is -1.74. The van der Waals surface area contributed by atoms with Crippen molar-refractivity contribution < 1.29 is 18.0 Å². The molecule has 0 spiro atoms. The van der Waals surface area contributed by atoms with E-state index in [1.165, 1.54) is 7.05 Å². The highest BCUT2D eigenvalue weighted by molar-refractivity contribution is 7.89. The summed E-state index contributed by atoms with van der Waals surface area (Å²) < 4.78 is 37.4. The van der Waals surface area contributed by atoms with Crippen LogP contribution < -0.4 is 5.73 Å². The summed E-state index contributed by atoms with van der Waals surface area (Å²) in [6.07, 6.45) is 1.91. The Bertz CT molecular complexity index is 531. The molecule has 1 aromatic rings. The minimum Gasteiger partial charge on any atom is -0.409 e. The SMILES string of the molecule is CN(CC(N)=NO)S(=O)(=O)c1cncc(F)c1. The molecule has 7 nitrogen and oxygen atoms in total. The molecule has 0 amide bonds. The monoisotopic (exact) mass is 262 g/mol. The van der Waals surface area contributed by atoms with Crippen molar-refractivity contribution in [2.45, 2.75) is 4.90 Å². The Morgan fingerprint density at radius 3 is 2.82 bits per heavy atom. The number of sulfonamides is 1. The van der Waals surface area contributed by atoms with E-state index < -0.39 is 15.8 Å². The highest BCUT2D eigenvalue weighted by Gasteiger charge is 2.22. The third-order valence-electron chi connectivity index (χ3n) is 1.90. The molecule has 0 atom stereocenters. The zero-order valence-electron chi connectivity index (χ0n) is 8.91. The smallest absolute Gasteiger partial charge is 0.244 e. The Morgan fingerprint density at radius 1 is 1.65 bits per heavy atom. The first kappa shape index (κ1) is 13.3. The van der Waals surface area contributed by atoms with Gasteiger partial charge in [-0.15, -0.1) is 0 Å². The average molecular weight is 262 g/mol. The van der Waals surface area contributed by atoms with Gasteiger partial charge in [0.2, 0.25) is 10.0 Å². The van der Waals surface area contributed by atoms with Gasteiger partial charge in [-0.25, -0.2) is 12.8 Å². The maximum absolute atomic E-state index is 12.9. The lowest BCUT2D eigenvalue weighted by atomic mass is 10.5. The first-order chi connectivity index (χ1) is 7.87. The lowest BCUT2D eigenvalue weighted by Crippen LogP contribution is -2.35. The fourth-order valence-corrected chi connectivity index (χ4v) is 2.18. The Balaban J connectivity index is 3.03. The minimum absolute atomic E-state index is 0.277. The molecule has 0 saturated heterocycles. The minimum atomic E-state index is -3.91. The number of nitrogens with zero attached hydrogens (tertiary/aromatic N) is 3. The molecule has 1 aromatic heterocycles. The number of amidine groups is 1. The summed E-state index contributed by atoms with van der Waals surface area (Å²) >= 11 is 0. The van der Waals surface area contributed by atoms with Crippen LogP contribution in [0.4, 0.5) is 4.39 Å².